The molecule has 2 aromatic rings. The minimum Gasteiger partial charge on any atom is -0.379 e. The van der Waals surface area contributed by atoms with Crippen molar-refractivity contribution in [2.45, 2.75) is 13.0 Å². The minimum absolute atomic E-state index is 0.0496. The normalized spacial score (nSPS) is 24.4. The van der Waals surface area contributed by atoms with Gasteiger partial charge in [0.2, 0.25) is 0 Å². The third-order valence-corrected chi connectivity index (χ3v) is 5.37. The van der Waals surface area contributed by atoms with Crippen molar-refractivity contribution in [3.63, 3.8) is 0 Å². The Kier molecular flexibility index (Phi) is 4.40. The predicted octanol–water partition coefficient (Wildman–Crippen LogP) is 2.60. The van der Waals surface area contributed by atoms with Gasteiger partial charge in [-0.2, -0.15) is 0 Å². The van der Waals surface area contributed by atoms with Crippen LogP contribution in [0, 0.1) is 12.8 Å². The van der Waals surface area contributed by atoms with Gasteiger partial charge < -0.3 is 14.5 Å². The van der Waals surface area contributed by atoms with Crippen LogP contribution < -0.4 is 0 Å². The number of halogens is 1. The minimum atomic E-state index is 0.0496. The Morgan fingerprint density at radius 1 is 1.28 bits per heavy atom. The van der Waals surface area contributed by atoms with Crippen LogP contribution in [-0.4, -0.2) is 66.6 Å². The van der Waals surface area contributed by atoms with Crippen LogP contribution in [0.15, 0.2) is 24.3 Å². The van der Waals surface area contributed by atoms with Crippen molar-refractivity contribution in [2.24, 2.45) is 5.92 Å². The second-order valence-corrected chi connectivity index (χ2v) is 7.59. The number of para-hydroxylation sites is 1. The molecule has 0 unspecified atom stereocenters. The van der Waals surface area contributed by atoms with Crippen LogP contribution in [0.2, 0.25) is 5.02 Å². The molecule has 2 bridgehead atoms. The first-order chi connectivity index (χ1) is 12.0. The first kappa shape index (κ1) is 16.8. The number of aromatic nitrogens is 1. The van der Waals surface area contributed by atoms with E-state index in [1.165, 1.54) is 0 Å². The lowest BCUT2D eigenvalue weighted by Crippen LogP contribution is -2.46. The maximum absolute atomic E-state index is 13.5. The highest BCUT2D eigenvalue weighted by Crippen LogP contribution is 2.28. The number of hydrogen-bond donors (Lipinski definition) is 0. The fourth-order valence-electron chi connectivity index (χ4n) is 4.00. The van der Waals surface area contributed by atoms with Gasteiger partial charge >= 0.3 is 0 Å². The highest BCUT2D eigenvalue weighted by Gasteiger charge is 2.35. The number of carbonyl (C=O) groups is 1. The quantitative estimate of drug-likeness (QED) is 0.785. The molecule has 0 radical (unpaired) electrons. The van der Waals surface area contributed by atoms with Crippen LogP contribution in [-0.2, 0) is 4.74 Å². The van der Waals surface area contributed by atoms with Crippen LogP contribution in [0.4, 0.5) is 0 Å². The molecule has 6 heteroatoms. The van der Waals surface area contributed by atoms with Gasteiger partial charge in [0.15, 0.2) is 0 Å². The molecule has 132 valence electrons. The van der Waals surface area contributed by atoms with Crippen molar-refractivity contribution in [2.75, 3.05) is 39.9 Å². The molecular formula is C19H22ClN3O2. The van der Waals surface area contributed by atoms with Gasteiger partial charge in [0, 0.05) is 36.6 Å². The fraction of sp³-hybridized carbons (Fsp3) is 0.474. The van der Waals surface area contributed by atoms with Crippen molar-refractivity contribution < 1.29 is 9.53 Å². The highest BCUT2D eigenvalue weighted by molar-refractivity contribution is 6.35. The molecule has 0 saturated carbocycles. The van der Waals surface area contributed by atoms with Gasteiger partial charge in [0.25, 0.3) is 5.91 Å². The van der Waals surface area contributed by atoms with E-state index in [0.717, 1.165) is 30.7 Å². The van der Waals surface area contributed by atoms with Crippen LogP contribution in [0.3, 0.4) is 0 Å². The number of ether oxygens (including phenoxy) is 1. The van der Waals surface area contributed by atoms with E-state index in [9.17, 15) is 4.79 Å². The summed E-state index contributed by atoms with van der Waals surface area (Å²) in [5.41, 5.74) is 2.17. The van der Waals surface area contributed by atoms with Gasteiger partial charge in [0.1, 0.15) is 0 Å². The third-order valence-electron chi connectivity index (χ3n) is 5.06. The number of amides is 1. The monoisotopic (exact) mass is 359 g/mol. The van der Waals surface area contributed by atoms with E-state index in [1.807, 2.05) is 36.1 Å². The Hall–Kier alpha value is -1.69. The van der Waals surface area contributed by atoms with E-state index in [0.29, 0.717) is 35.2 Å². The number of hydrogen-bond acceptors (Lipinski definition) is 4. The molecule has 25 heavy (non-hydrogen) atoms. The summed E-state index contributed by atoms with van der Waals surface area (Å²) in [4.78, 5) is 22.3. The zero-order valence-electron chi connectivity index (χ0n) is 14.5. The lowest BCUT2D eigenvalue weighted by atomic mass is 10.0. The number of benzene rings is 1. The number of fused-ring (bicyclic) bond motifs is 4. The summed E-state index contributed by atoms with van der Waals surface area (Å²) in [7, 11) is 2.12. The molecule has 5 nitrogen and oxygen atoms in total. The van der Waals surface area contributed by atoms with Crippen molar-refractivity contribution >= 4 is 28.4 Å². The van der Waals surface area contributed by atoms with E-state index in [4.69, 9.17) is 16.3 Å². The van der Waals surface area contributed by atoms with Crippen molar-refractivity contribution in [1.82, 2.24) is 14.8 Å². The average Bonchev–Trinajstić information content (AvgIpc) is 2.84. The molecule has 1 amide bonds. The first-order valence-corrected chi connectivity index (χ1v) is 9.04. The summed E-state index contributed by atoms with van der Waals surface area (Å²) in [6.45, 7) is 5.74. The van der Waals surface area contributed by atoms with E-state index < -0.39 is 0 Å². The summed E-state index contributed by atoms with van der Waals surface area (Å²) >= 11 is 6.31. The molecule has 1 aromatic carbocycles. The molecule has 2 saturated heterocycles. The summed E-state index contributed by atoms with van der Waals surface area (Å²) in [5, 5.41) is 1.39. The van der Waals surface area contributed by atoms with Crippen molar-refractivity contribution in [3.05, 3.63) is 40.5 Å². The highest BCUT2D eigenvalue weighted by atomic mass is 35.5. The fourth-order valence-corrected chi connectivity index (χ4v) is 4.22. The number of carbonyl (C=O) groups excluding carboxylic acids is 1. The lowest BCUT2D eigenvalue weighted by molar-refractivity contribution is 0.0484. The second-order valence-electron chi connectivity index (χ2n) is 7.18. The van der Waals surface area contributed by atoms with Gasteiger partial charge in [0.05, 0.1) is 35.4 Å². The summed E-state index contributed by atoms with van der Waals surface area (Å²) in [6.07, 6.45) is 0. The Morgan fingerprint density at radius 2 is 2.12 bits per heavy atom. The Balaban J connectivity index is 1.78. The molecule has 2 atom stereocenters. The molecule has 3 heterocycles. The zero-order valence-corrected chi connectivity index (χ0v) is 15.3. The van der Waals surface area contributed by atoms with Gasteiger partial charge in [-0.15, -0.1) is 0 Å². The van der Waals surface area contributed by atoms with Gasteiger partial charge in [-0.05, 0) is 26.1 Å². The van der Waals surface area contributed by atoms with E-state index >= 15 is 0 Å². The molecule has 2 aliphatic heterocycles. The molecule has 0 aliphatic carbocycles. The number of likely N-dealkylation sites (N-methyl/N-ethyl adjacent to an activating group) is 1. The molecule has 0 N–H and O–H groups in total. The van der Waals surface area contributed by atoms with Gasteiger partial charge in [-0.1, -0.05) is 23.7 Å². The van der Waals surface area contributed by atoms with Crippen LogP contribution in [0.1, 0.15) is 16.1 Å². The third kappa shape index (κ3) is 3.12. The maximum Gasteiger partial charge on any atom is 0.254 e. The average molecular weight is 360 g/mol. The van der Waals surface area contributed by atoms with E-state index in [2.05, 4.69) is 16.9 Å². The second kappa shape index (κ2) is 6.56. The van der Waals surface area contributed by atoms with Crippen LogP contribution in [0.25, 0.3) is 10.9 Å². The van der Waals surface area contributed by atoms with Crippen molar-refractivity contribution in [3.8, 4) is 0 Å². The van der Waals surface area contributed by atoms with E-state index in [1.54, 1.807) is 0 Å². The molecule has 1 aromatic heterocycles. The van der Waals surface area contributed by atoms with Gasteiger partial charge in [-0.3, -0.25) is 9.78 Å². The maximum atomic E-state index is 13.5. The summed E-state index contributed by atoms with van der Waals surface area (Å²) < 4.78 is 5.80. The Morgan fingerprint density at radius 3 is 2.96 bits per heavy atom. The number of pyridine rings is 1. The number of aryl methyl sites for hydroxylation is 1. The number of nitrogens with zero attached hydrogens (tertiary/aromatic N) is 3. The molecule has 0 spiro atoms. The Bertz CT molecular complexity index is 826. The lowest BCUT2D eigenvalue weighted by Gasteiger charge is -2.30. The van der Waals surface area contributed by atoms with Crippen molar-refractivity contribution in [1.29, 1.82) is 0 Å². The predicted molar refractivity (Wildman–Crippen MR) is 98.1 cm³/mol. The molecule has 2 aliphatic rings. The molecular weight excluding hydrogens is 338 g/mol. The standard InChI is InChI=1S/C19H22ClN3O2/c1-12-6-16(15-4-3-5-17(20)18(15)21-12)19(24)23-8-13-7-22(2)9-14(23)11-25-10-13/h3-6,13-14H,7-11H2,1-2H3/t13-,14-/m0/s1. The smallest absolute Gasteiger partial charge is 0.254 e. The van der Waals surface area contributed by atoms with Crippen LogP contribution >= 0.6 is 11.6 Å². The first-order valence-electron chi connectivity index (χ1n) is 8.66. The summed E-state index contributed by atoms with van der Waals surface area (Å²) in [6, 6.07) is 7.56. The molecule has 2 fully saturated rings. The topological polar surface area (TPSA) is 45.7 Å². The largest absolute Gasteiger partial charge is 0.379 e. The zero-order chi connectivity index (χ0) is 17.6. The van der Waals surface area contributed by atoms with Gasteiger partial charge in [-0.25, -0.2) is 0 Å². The summed E-state index contributed by atoms with van der Waals surface area (Å²) in [5.74, 6) is 0.396. The van der Waals surface area contributed by atoms with Crippen LogP contribution in [0.5, 0.6) is 0 Å². The Labute approximate surface area is 152 Å². The number of rotatable bonds is 1. The molecule has 4 rings (SSSR count). The van der Waals surface area contributed by atoms with E-state index in [-0.39, 0.29) is 11.9 Å². The SMILES string of the molecule is Cc1cc(C(=O)N2C[C@H]3COC[C@@H]2CN(C)C3)c2cccc(Cl)c2n1.